The number of carbonyl (C=O) groups is 1. The van der Waals surface area contributed by atoms with Crippen molar-refractivity contribution in [2.45, 2.75) is 39.7 Å². The van der Waals surface area contributed by atoms with Crippen LogP contribution in [0, 0.1) is 6.92 Å². The van der Waals surface area contributed by atoms with Crippen LogP contribution in [0.2, 0.25) is 5.02 Å². The molecule has 2 aromatic rings. The van der Waals surface area contributed by atoms with Crippen molar-refractivity contribution in [3.05, 3.63) is 58.1 Å². The number of rotatable bonds is 8. The molecule has 0 fully saturated rings. The molecule has 30 heavy (non-hydrogen) atoms. The summed E-state index contributed by atoms with van der Waals surface area (Å²) in [6, 6.07) is 10.2. The van der Waals surface area contributed by atoms with Gasteiger partial charge in [0.25, 0.3) is 0 Å². The van der Waals surface area contributed by atoms with Gasteiger partial charge in [0.1, 0.15) is 12.3 Å². The minimum atomic E-state index is -3.70. The van der Waals surface area contributed by atoms with Gasteiger partial charge in [-0.25, -0.2) is 8.42 Å². The number of aryl methyl sites for hydroxylation is 1. The quantitative estimate of drug-likeness (QED) is 0.643. The SMILES string of the molecule is COc1cc(C)c([C@H](C)NC(=O)CN(c2ccccc2Cl)S(C)(=O)=O)cc1C(C)C. The maximum atomic E-state index is 12.7. The third kappa shape index (κ3) is 5.67. The predicted molar refractivity (Wildman–Crippen MR) is 122 cm³/mol. The lowest BCUT2D eigenvalue weighted by molar-refractivity contribution is -0.120. The molecule has 1 atom stereocenters. The Balaban J connectivity index is 2.27. The van der Waals surface area contributed by atoms with Crippen LogP contribution < -0.4 is 14.4 Å². The van der Waals surface area contributed by atoms with Crippen LogP contribution in [-0.2, 0) is 14.8 Å². The number of anilines is 1. The van der Waals surface area contributed by atoms with E-state index < -0.39 is 15.9 Å². The monoisotopic (exact) mass is 452 g/mol. The summed E-state index contributed by atoms with van der Waals surface area (Å²) in [6.45, 7) is 7.62. The number of methoxy groups -OCH3 is 1. The van der Waals surface area contributed by atoms with Gasteiger partial charge in [-0.3, -0.25) is 9.10 Å². The van der Waals surface area contributed by atoms with Crippen molar-refractivity contribution in [2.75, 3.05) is 24.2 Å². The van der Waals surface area contributed by atoms with E-state index in [0.717, 1.165) is 33.0 Å². The summed E-state index contributed by atoms with van der Waals surface area (Å²) in [7, 11) is -2.06. The smallest absolute Gasteiger partial charge is 0.241 e. The van der Waals surface area contributed by atoms with Gasteiger partial charge < -0.3 is 10.1 Å². The molecule has 0 aliphatic carbocycles. The number of amides is 1. The normalized spacial score (nSPS) is 12.5. The summed E-state index contributed by atoms with van der Waals surface area (Å²) in [4.78, 5) is 12.7. The van der Waals surface area contributed by atoms with Gasteiger partial charge >= 0.3 is 0 Å². The average molecular weight is 453 g/mol. The minimum Gasteiger partial charge on any atom is -0.496 e. The van der Waals surface area contributed by atoms with Gasteiger partial charge in [0.05, 0.1) is 30.1 Å². The van der Waals surface area contributed by atoms with Crippen molar-refractivity contribution >= 4 is 33.2 Å². The lowest BCUT2D eigenvalue weighted by Crippen LogP contribution is -2.41. The number of nitrogens with one attached hydrogen (secondary N) is 1. The highest BCUT2D eigenvalue weighted by atomic mass is 35.5. The summed E-state index contributed by atoms with van der Waals surface area (Å²) in [5, 5.41) is 3.16. The van der Waals surface area contributed by atoms with E-state index in [0.29, 0.717) is 0 Å². The maximum absolute atomic E-state index is 12.7. The van der Waals surface area contributed by atoms with Crippen LogP contribution in [0.3, 0.4) is 0 Å². The number of carbonyl (C=O) groups excluding carboxylic acids is 1. The maximum Gasteiger partial charge on any atom is 0.241 e. The fourth-order valence-corrected chi connectivity index (χ4v) is 4.50. The molecule has 1 N–H and O–H groups in total. The van der Waals surface area contributed by atoms with Crippen molar-refractivity contribution in [2.24, 2.45) is 0 Å². The van der Waals surface area contributed by atoms with Crippen molar-refractivity contribution in [3.63, 3.8) is 0 Å². The zero-order valence-corrected chi connectivity index (χ0v) is 19.8. The third-order valence-corrected chi connectivity index (χ3v) is 6.34. The Morgan fingerprint density at radius 3 is 2.33 bits per heavy atom. The van der Waals surface area contributed by atoms with E-state index in [4.69, 9.17) is 16.3 Å². The van der Waals surface area contributed by atoms with Gasteiger partial charge in [-0.15, -0.1) is 0 Å². The van der Waals surface area contributed by atoms with Gasteiger partial charge in [0, 0.05) is 0 Å². The molecule has 0 unspecified atom stereocenters. The standard InChI is InChI=1S/C22H29ClN2O4S/c1-14(2)17-12-18(15(3)11-21(17)29-5)16(4)24-22(26)13-25(30(6,27)28)20-10-8-7-9-19(20)23/h7-12,14,16H,13H2,1-6H3,(H,24,26)/t16-/m0/s1. The second-order valence-corrected chi connectivity index (χ2v) is 9.93. The Kier molecular flexibility index (Phi) is 7.77. The molecular formula is C22H29ClN2O4S. The van der Waals surface area contributed by atoms with E-state index in [2.05, 4.69) is 19.2 Å². The molecule has 0 aliphatic heterocycles. The van der Waals surface area contributed by atoms with Crippen LogP contribution in [0.15, 0.2) is 36.4 Å². The molecule has 8 heteroatoms. The van der Waals surface area contributed by atoms with Gasteiger partial charge in [-0.2, -0.15) is 0 Å². The van der Waals surface area contributed by atoms with E-state index in [1.807, 2.05) is 26.0 Å². The van der Waals surface area contributed by atoms with Gasteiger partial charge in [-0.1, -0.05) is 37.6 Å². The molecule has 2 rings (SSSR count). The number of hydrogen-bond donors (Lipinski definition) is 1. The first-order valence-electron chi connectivity index (χ1n) is 9.65. The molecule has 0 spiro atoms. The van der Waals surface area contributed by atoms with E-state index in [1.165, 1.54) is 0 Å². The number of halogens is 1. The summed E-state index contributed by atoms with van der Waals surface area (Å²) in [6.07, 6.45) is 1.05. The van der Waals surface area contributed by atoms with Crippen molar-refractivity contribution in [1.82, 2.24) is 5.32 Å². The van der Waals surface area contributed by atoms with Gasteiger partial charge in [0.15, 0.2) is 0 Å². The minimum absolute atomic E-state index is 0.253. The molecule has 0 saturated carbocycles. The van der Waals surface area contributed by atoms with Crippen LogP contribution in [0.5, 0.6) is 5.75 Å². The first-order chi connectivity index (χ1) is 14.0. The summed E-state index contributed by atoms with van der Waals surface area (Å²) < 4.78 is 31.1. The van der Waals surface area contributed by atoms with Gasteiger partial charge in [-0.05, 0) is 60.7 Å². The molecule has 0 saturated heterocycles. The van der Waals surface area contributed by atoms with Crippen molar-refractivity contribution in [3.8, 4) is 5.75 Å². The molecule has 0 aromatic heterocycles. The second kappa shape index (κ2) is 9.71. The molecule has 0 radical (unpaired) electrons. The number of ether oxygens (including phenoxy) is 1. The Morgan fingerprint density at radius 1 is 1.17 bits per heavy atom. The predicted octanol–water partition coefficient (Wildman–Crippen LogP) is 4.42. The first-order valence-corrected chi connectivity index (χ1v) is 11.9. The molecule has 2 aromatic carbocycles. The van der Waals surface area contributed by atoms with Crippen LogP contribution in [-0.4, -0.2) is 34.2 Å². The first kappa shape index (κ1) is 24.0. The highest BCUT2D eigenvalue weighted by Crippen LogP contribution is 2.32. The highest BCUT2D eigenvalue weighted by molar-refractivity contribution is 7.92. The Labute approximate surface area is 184 Å². The molecule has 164 valence electrons. The lowest BCUT2D eigenvalue weighted by Gasteiger charge is -2.25. The zero-order valence-electron chi connectivity index (χ0n) is 18.2. The van der Waals surface area contributed by atoms with E-state index in [9.17, 15) is 13.2 Å². The molecule has 6 nitrogen and oxygen atoms in total. The van der Waals surface area contributed by atoms with Crippen molar-refractivity contribution < 1.29 is 17.9 Å². The van der Waals surface area contributed by atoms with Crippen LogP contribution in [0.4, 0.5) is 5.69 Å². The second-order valence-electron chi connectivity index (χ2n) is 7.62. The fourth-order valence-electron chi connectivity index (χ4n) is 3.34. The zero-order chi connectivity index (χ0) is 22.6. The number of nitrogens with zero attached hydrogens (tertiary/aromatic N) is 1. The number of sulfonamides is 1. The van der Waals surface area contributed by atoms with Crippen LogP contribution in [0.25, 0.3) is 0 Å². The largest absolute Gasteiger partial charge is 0.496 e. The topological polar surface area (TPSA) is 75.7 Å². The summed E-state index contributed by atoms with van der Waals surface area (Å²) in [5.74, 6) is 0.643. The number of benzene rings is 2. The summed E-state index contributed by atoms with van der Waals surface area (Å²) >= 11 is 6.16. The number of para-hydroxylation sites is 1. The molecule has 1 amide bonds. The third-order valence-electron chi connectivity index (χ3n) is 4.89. The van der Waals surface area contributed by atoms with Crippen LogP contribution >= 0.6 is 11.6 Å². The fraction of sp³-hybridized carbons (Fsp3) is 0.409. The van der Waals surface area contributed by atoms with Crippen LogP contribution in [0.1, 0.15) is 49.4 Å². The average Bonchev–Trinajstić information content (AvgIpc) is 2.65. The molecule has 0 heterocycles. The van der Waals surface area contributed by atoms with E-state index in [-0.39, 0.29) is 29.2 Å². The van der Waals surface area contributed by atoms with Crippen molar-refractivity contribution in [1.29, 1.82) is 0 Å². The molecular weight excluding hydrogens is 424 g/mol. The highest BCUT2D eigenvalue weighted by Gasteiger charge is 2.24. The Morgan fingerprint density at radius 2 is 1.80 bits per heavy atom. The summed E-state index contributed by atoms with van der Waals surface area (Å²) in [5.41, 5.74) is 3.26. The Bertz CT molecular complexity index is 1020. The lowest BCUT2D eigenvalue weighted by atomic mass is 9.93. The van der Waals surface area contributed by atoms with E-state index >= 15 is 0 Å². The Hall–Kier alpha value is -2.25. The molecule has 0 bridgehead atoms. The molecule has 0 aliphatic rings. The van der Waals surface area contributed by atoms with E-state index in [1.54, 1.807) is 31.4 Å². The van der Waals surface area contributed by atoms with Gasteiger partial charge in [0.2, 0.25) is 15.9 Å². The number of hydrogen-bond acceptors (Lipinski definition) is 4.